The van der Waals surface area contributed by atoms with Crippen molar-refractivity contribution in [3.63, 3.8) is 0 Å². The maximum atomic E-state index is 9.13. The third-order valence-corrected chi connectivity index (χ3v) is 3.28. The van der Waals surface area contributed by atoms with Crippen molar-refractivity contribution < 1.29 is 5.11 Å². The van der Waals surface area contributed by atoms with Crippen LogP contribution in [0.1, 0.15) is 52.9 Å². The van der Waals surface area contributed by atoms with Crippen LogP contribution in [-0.2, 0) is 6.54 Å². The molecule has 1 aromatic rings. The number of aromatic nitrogens is 2. The first kappa shape index (κ1) is 15.2. The zero-order valence-electron chi connectivity index (χ0n) is 12.1. The maximum absolute atomic E-state index is 9.13. The van der Waals surface area contributed by atoms with Crippen molar-refractivity contribution in [2.24, 2.45) is 11.3 Å². The highest BCUT2D eigenvalue weighted by Gasteiger charge is 2.17. The van der Waals surface area contributed by atoms with Crippen LogP contribution in [0.4, 0.5) is 0 Å². The number of hydrogen-bond donors (Lipinski definition) is 1. The molecule has 0 unspecified atom stereocenters. The van der Waals surface area contributed by atoms with Gasteiger partial charge in [-0.25, -0.2) is 4.98 Å². The molecule has 0 fully saturated rings. The second kappa shape index (κ2) is 7.57. The van der Waals surface area contributed by atoms with Gasteiger partial charge in [-0.3, -0.25) is 0 Å². The van der Waals surface area contributed by atoms with Crippen LogP contribution in [0.3, 0.4) is 0 Å². The third-order valence-electron chi connectivity index (χ3n) is 3.28. The molecule has 3 heteroatoms. The average Bonchev–Trinajstić information content (AvgIpc) is 2.75. The summed E-state index contributed by atoms with van der Waals surface area (Å²) in [6.45, 7) is 8.22. The first-order chi connectivity index (χ1) is 8.51. The monoisotopic (exact) mass is 252 g/mol. The molecule has 0 aliphatic carbocycles. The summed E-state index contributed by atoms with van der Waals surface area (Å²) >= 11 is 0. The molecule has 0 amide bonds. The Kier molecular flexibility index (Phi) is 6.41. The van der Waals surface area contributed by atoms with Gasteiger partial charge in [0.1, 0.15) is 0 Å². The van der Waals surface area contributed by atoms with Crippen molar-refractivity contribution in [2.75, 3.05) is 6.61 Å². The Morgan fingerprint density at radius 2 is 2.00 bits per heavy atom. The second-order valence-corrected chi connectivity index (χ2v) is 6.44. The summed E-state index contributed by atoms with van der Waals surface area (Å²) in [5.41, 5.74) is 0.365. The Labute approximate surface area is 111 Å². The average molecular weight is 252 g/mol. The molecular weight excluding hydrogens is 224 g/mol. The number of hydrogen-bond acceptors (Lipinski definition) is 2. The van der Waals surface area contributed by atoms with Crippen LogP contribution in [0.2, 0.25) is 0 Å². The molecule has 0 saturated carbocycles. The lowest BCUT2D eigenvalue weighted by Crippen LogP contribution is -2.14. The van der Waals surface area contributed by atoms with Gasteiger partial charge in [-0.2, -0.15) is 0 Å². The SMILES string of the molecule is CC(C)(C)C[C@@H](CCO)CCCCn1ccnc1. The van der Waals surface area contributed by atoms with E-state index in [0.29, 0.717) is 17.9 Å². The molecular formula is C15H28N2O. The molecule has 0 aliphatic rings. The Balaban J connectivity index is 2.20. The summed E-state index contributed by atoms with van der Waals surface area (Å²) in [7, 11) is 0. The van der Waals surface area contributed by atoms with E-state index in [1.54, 1.807) is 0 Å². The minimum atomic E-state index is 0.322. The van der Waals surface area contributed by atoms with E-state index < -0.39 is 0 Å². The first-order valence-corrected chi connectivity index (χ1v) is 7.08. The van der Waals surface area contributed by atoms with Gasteiger partial charge in [0.25, 0.3) is 0 Å². The van der Waals surface area contributed by atoms with E-state index in [9.17, 15) is 0 Å². The van der Waals surface area contributed by atoms with Crippen LogP contribution < -0.4 is 0 Å². The van der Waals surface area contributed by atoms with Gasteiger partial charge in [-0.1, -0.05) is 33.6 Å². The van der Waals surface area contributed by atoms with Crippen molar-refractivity contribution >= 4 is 0 Å². The van der Waals surface area contributed by atoms with E-state index in [1.807, 2.05) is 18.7 Å². The van der Waals surface area contributed by atoms with E-state index in [-0.39, 0.29) is 0 Å². The van der Waals surface area contributed by atoms with E-state index in [4.69, 9.17) is 5.11 Å². The molecule has 1 heterocycles. The number of aliphatic hydroxyl groups is 1. The van der Waals surface area contributed by atoms with Gasteiger partial charge in [0.2, 0.25) is 0 Å². The quantitative estimate of drug-likeness (QED) is 0.719. The summed E-state index contributed by atoms with van der Waals surface area (Å²) in [5, 5.41) is 9.13. The zero-order chi connectivity index (χ0) is 13.4. The predicted molar refractivity (Wildman–Crippen MR) is 75.3 cm³/mol. The second-order valence-electron chi connectivity index (χ2n) is 6.44. The third kappa shape index (κ3) is 6.80. The Morgan fingerprint density at radius 1 is 1.22 bits per heavy atom. The lowest BCUT2D eigenvalue weighted by molar-refractivity contribution is 0.207. The molecule has 1 N–H and O–H groups in total. The molecule has 1 atom stereocenters. The highest BCUT2D eigenvalue weighted by Crippen LogP contribution is 2.29. The summed E-state index contributed by atoms with van der Waals surface area (Å²) in [6, 6.07) is 0. The van der Waals surface area contributed by atoms with Gasteiger partial charge in [0.05, 0.1) is 6.33 Å². The first-order valence-electron chi connectivity index (χ1n) is 7.08. The smallest absolute Gasteiger partial charge is 0.0945 e. The van der Waals surface area contributed by atoms with Crippen LogP contribution in [0.5, 0.6) is 0 Å². The van der Waals surface area contributed by atoms with Gasteiger partial charge in [-0.05, 0) is 30.6 Å². The molecule has 0 aliphatic heterocycles. The van der Waals surface area contributed by atoms with Crippen molar-refractivity contribution in [3.8, 4) is 0 Å². The molecule has 0 spiro atoms. The molecule has 0 bridgehead atoms. The number of imidazole rings is 1. The molecule has 3 nitrogen and oxygen atoms in total. The van der Waals surface area contributed by atoms with Gasteiger partial charge in [0, 0.05) is 25.5 Å². The highest BCUT2D eigenvalue weighted by atomic mass is 16.3. The van der Waals surface area contributed by atoms with Crippen LogP contribution in [0.15, 0.2) is 18.7 Å². The van der Waals surface area contributed by atoms with Crippen LogP contribution in [0.25, 0.3) is 0 Å². The fraction of sp³-hybridized carbons (Fsp3) is 0.800. The molecule has 0 aromatic carbocycles. The number of unbranched alkanes of at least 4 members (excludes halogenated alkanes) is 1. The topological polar surface area (TPSA) is 38.0 Å². The molecule has 0 radical (unpaired) electrons. The maximum Gasteiger partial charge on any atom is 0.0945 e. The Hall–Kier alpha value is -0.830. The summed E-state index contributed by atoms with van der Waals surface area (Å²) < 4.78 is 2.13. The number of aryl methyl sites for hydroxylation is 1. The molecule has 1 aromatic heterocycles. The molecule has 104 valence electrons. The largest absolute Gasteiger partial charge is 0.396 e. The van der Waals surface area contributed by atoms with Gasteiger partial charge >= 0.3 is 0 Å². The van der Waals surface area contributed by atoms with E-state index in [1.165, 1.54) is 25.7 Å². The van der Waals surface area contributed by atoms with Crippen LogP contribution in [-0.4, -0.2) is 21.3 Å². The summed E-state index contributed by atoms with van der Waals surface area (Å²) in [4.78, 5) is 4.04. The van der Waals surface area contributed by atoms with Crippen molar-refractivity contribution in [1.29, 1.82) is 0 Å². The normalized spacial score (nSPS) is 13.8. The minimum Gasteiger partial charge on any atom is -0.396 e. The highest BCUT2D eigenvalue weighted by molar-refractivity contribution is 4.74. The summed E-state index contributed by atoms with van der Waals surface area (Å²) in [6.07, 6.45) is 11.5. The molecule has 18 heavy (non-hydrogen) atoms. The fourth-order valence-electron chi connectivity index (χ4n) is 2.54. The van der Waals surface area contributed by atoms with Crippen molar-refractivity contribution in [3.05, 3.63) is 18.7 Å². The number of rotatable bonds is 8. The Bertz CT molecular complexity index is 301. The molecule has 0 saturated heterocycles. The van der Waals surface area contributed by atoms with E-state index in [0.717, 1.165) is 13.0 Å². The van der Waals surface area contributed by atoms with Crippen LogP contribution >= 0.6 is 0 Å². The standard InChI is InChI=1S/C15H28N2O/c1-15(2,3)12-14(7-11-18)6-4-5-9-17-10-8-16-13-17/h8,10,13-14,18H,4-7,9,11-12H2,1-3H3/t14-/m1/s1. The lowest BCUT2D eigenvalue weighted by Gasteiger charge is -2.25. The predicted octanol–water partition coefficient (Wildman–Crippen LogP) is 3.49. The van der Waals surface area contributed by atoms with Gasteiger partial charge in [0.15, 0.2) is 0 Å². The van der Waals surface area contributed by atoms with Crippen LogP contribution in [0, 0.1) is 11.3 Å². The Morgan fingerprint density at radius 3 is 2.56 bits per heavy atom. The number of aliphatic hydroxyl groups excluding tert-OH is 1. The minimum absolute atomic E-state index is 0.322. The molecule has 1 rings (SSSR count). The van der Waals surface area contributed by atoms with Gasteiger partial charge < -0.3 is 9.67 Å². The zero-order valence-corrected chi connectivity index (χ0v) is 12.1. The van der Waals surface area contributed by atoms with E-state index in [2.05, 4.69) is 30.3 Å². The van der Waals surface area contributed by atoms with Gasteiger partial charge in [-0.15, -0.1) is 0 Å². The summed E-state index contributed by atoms with van der Waals surface area (Å²) in [5.74, 6) is 0.665. The van der Waals surface area contributed by atoms with E-state index >= 15 is 0 Å². The van der Waals surface area contributed by atoms with Crippen molar-refractivity contribution in [1.82, 2.24) is 9.55 Å². The lowest BCUT2D eigenvalue weighted by atomic mass is 9.81. The van der Waals surface area contributed by atoms with Crippen molar-refractivity contribution in [2.45, 2.75) is 59.4 Å². The number of nitrogens with zero attached hydrogens (tertiary/aromatic N) is 2. The fourth-order valence-corrected chi connectivity index (χ4v) is 2.54.